The highest BCUT2D eigenvalue weighted by Gasteiger charge is 2.05. The van der Waals surface area contributed by atoms with Crippen molar-refractivity contribution in [2.75, 3.05) is 6.61 Å². The van der Waals surface area contributed by atoms with Crippen LogP contribution < -0.4 is 4.74 Å². The second kappa shape index (κ2) is 5.02. The SMILES string of the molecule is Cc1cc(C#N)cc(C)c1OCCC#N. The first-order valence-corrected chi connectivity index (χ1v) is 4.70. The van der Waals surface area contributed by atoms with E-state index in [1.807, 2.05) is 19.9 Å². The Hall–Kier alpha value is -2.00. The van der Waals surface area contributed by atoms with Crippen LogP contribution in [0.1, 0.15) is 23.1 Å². The fourth-order valence-electron chi connectivity index (χ4n) is 1.44. The van der Waals surface area contributed by atoms with Gasteiger partial charge in [0.2, 0.25) is 0 Å². The van der Waals surface area contributed by atoms with E-state index in [0.717, 1.165) is 16.9 Å². The van der Waals surface area contributed by atoms with E-state index in [0.29, 0.717) is 18.6 Å². The largest absolute Gasteiger partial charge is 0.492 e. The molecule has 0 aromatic heterocycles. The molecule has 76 valence electrons. The van der Waals surface area contributed by atoms with Gasteiger partial charge in [-0.05, 0) is 37.1 Å². The summed E-state index contributed by atoms with van der Waals surface area (Å²) >= 11 is 0. The van der Waals surface area contributed by atoms with Crippen molar-refractivity contribution in [1.82, 2.24) is 0 Å². The molecule has 0 amide bonds. The zero-order chi connectivity index (χ0) is 11.3. The van der Waals surface area contributed by atoms with Crippen molar-refractivity contribution in [2.24, 2.45) is 0 Å². The number of aryl methyl sites for hydroxylation is 2. The third kappa shape index (κ3) is 2.72. The van der Waals surface area contributed by atoms with Gasteiger partial charge in [0.05, 0.1) is 24.1 Å². The molecule has 0 fully saturated rings. The Kier molecular flexibility index (Phi) is 3.71. The summed E-state index contributed by atoms with van der Waals surface area (Å²) in [6.07, 6.45) is 0.374. The van der Waals surface area contributed by atoms with Crippen molar-refractivity contribution in [3.05, 3.63) is 28.8 Å². The zero-order valence-corrected chi connectivity index (χ0v) is 8.87. The second-order valence-corrected chi connectivity index (χ2v) is 3.31. The minimum atomic E-state index is 0.374. The molecule has 0 aliphatic carbocycles. The quantitative estimate of drug-likeness (QED) is 0.704. The van der Waals surface area contributed by atoms with Gasteiger partial charge in [0.15, 0.2) is 0 Å². The van der Waals surface area contributed by atoms with Crippen LogP contribution in [0.2, 0.25) is 0 Å². The standard InChI is InChI=1S/C12H12N2O/c1-9-6-11(8-14)7-10(2)12(9)15-5-3-4-13/h6-7H,3,5H2,1-2H3. The summed E-state index contributed by atoms with van der Waals surface area (Å²) in [6, 6.07) is 7.69. The van der Waals surface area contributed by atoms with Crippen LogP contribution in [0, 0.1) is 36.5 Å². The third-order valence-electron chi connectivity index (χ3n) is 2.05. The Morgan fingerprint density at radius 1 is 1.20 bits per heavy atom. The Morgan fingerprint density at radius 3 is 2.27 bits per heavy atom. The van der Waals surface area contributed by atoms with Gasteiger partial charge in [0.25, 0.3) is 0 Å². The van der Waals surface area contributed by atoms with E-state index in [1.165, 1.54) is 0 Å². The lowest BCUT2D eigenvalue weighted by molar-refractivity contribution is 0.322. The van der Waals surface area contributed by atoms with E-state index >= 15 is 0 Å². The van der Waals surface area contributed by atoms with Crippen LogP contribution in [0.4, 0.5) is 0 Å². The number of ether oxygens (including phenoxy) is 1. The maximum atomic E-state index is 8.76. The lowest BCUT2D eigenvalue weighted by Gasteiger charge is -2.10. The molecule has 15 heavy (non-hydrogen) atoms. The third-order valence-corrected chi connectivity index (χ3v) is 2.05. The van der Waals surface area contributed by atoms with Gasteiger partial charge in [-0.1, -0.05) is 0 Å². The van der Waals surface area contributed by atoms with E-state index in [1.54, 1.807) is 12.1 Å². The van der Waals surface area contributed by atoms with Gasteiger partial charge in [-0.25, -0.2) is 0 Å². The van der Waals surface area contributed by atoms with Crippen LogP contribution in [0.5, 0.6) is 5.75 Å². The molecule has 0 spiro atoms. The highest BCUT2D eigenvalue weighted by molar-refractivity contribution is 5.47. The van der Waals surface area contributed by atoms with Gasteiger partial charge in [-0.2, -0.15) is 10.5 Å². The number of hydrogen-bond acceptors (Lipinski definition) is 3. The van der Waals surface area contributed by atoms with Gasteiger partial charge in [-0.15, -0.1) is 0 Å². The van der Waals surface area contributed by atoms with E-state index in [2.05, 4.69) is 6.07 Å². The minimum absolute atomic E-state index is 0.374. The minimum Gasteiger partial charge on any atom is -0.492 e. The van der Waals surface area contributed by atoms with Crippen LogP contribution in [-0.2, 0) is 0 Å². The normalized spacial score (nSPS) is 9.07. The number of hydrogen-bond donors (Lipinski definition) is 0. The highest BCUT2D eigenvalue weighted by atomic mass is 16.5. The van der Waals surface area contributed by atoms with Crippen molar-refractivity contribution >= 4 is 0 Å². The Morgan fingerprint density at radius 2 is 1.80 bits per heavy atom. The van der Waals surface area contributed by atoms with Gasteiger partial charge in [-0.3, -0.25) is 0 Å². The summed E-state index contributed by atoms with van der Waals surface area (Å²) in [4.78, 5) is 0. The number of nitrogens with zero attached hydrogens (tertiary/aromatic N) is 2. The average molecular weight is 200 g/mol. The van der Waals surface area contributed by atoms with Crippen LogP contribution in [-0.4, -0.2) is 6.61 Å². The first kappa shape index (κ1) is 11.1. The molecule has 0 heterocycles. The zero-order valence-electron chi connectivity index (χ0n) is 8.87. The summed E-state index contributed by atoms with van der Waals surface area (Å²) in [5.41, 5.74) is 2.51. The monoisotopic (exact) mass is 200 g/mol. The lowest BCUT2D eigenvalue weighted by atomic mass is 10.1. The number of nitriles is 2. The fraction of sp³-hybridized carbons (Fsp3) is 0.333. The summed E-state index contributed by atoms with van der Waals surface area (Å²) < 4.78 is 5.48. The second-order valence-electron chi connectivity index (χ2n) is 3.31. The first-order chi connectivity index (χ1) is 7.19. The number of benzene rings is 1. The predicted molar refractivity (Wildman–Crippen MR) is 56.4 cm³/mol. The maximum Gasteiger partial charge on any atom is 0.125 e. The molecule has 1 aromatic carbocycles. The van der Waals surface area contributed by atoms with Crippen LogP contribution in [0.15, 0.2) is 12.1 Å². The van der Waals surface area contributed by atoms with Crippen molar-refractivity contribution < 1.29 is 4.74 Å². The van der Waals surface area contributed by atoms with E-state index in [-0.39, 0.29) is 0 Å². The molecule has 0 saturated heterocycles. The van der Waals surface area contributed by atoms with Gasteiger partial charge >= 0.3 is 0 Å². The molecule has 0 aliphatic heterocycles. The molecule has 1 rings (SSSR count). The summed E-state index contributed by atoms with van der Waals surface area (Å²) in [6.45, 7) is 4.19. The Labute approximate surface area is 89.5 Å². The summed E-state index contributed by atoms with van der Waals surface area (Å²) in [5, 5.41) is 17.1. The van der Waals surface area contributed by atoms with E-state index in [4.69, 9.17) is 15.3 Å². The van der Waals surface area contributed by atoms with Gasteiger partial charge in [0, 0.05) is 0 Å². The van der Waals surface area contributed by atoms with Crippen LogP contribution >= 0.6 is 0 Å². The summed E-state index contributed by atoms with van der Waals surface area (Å²) in [5.74, 6) is 0.782. The molecule has 3 heteroatoms. The summed E-state index contributed by atoms with van der Waals surface area (Å²) in [7, 11) is 0. The van der Waals surface area contributed by atoms with Gasteiger partial charge in [0.1, 0.15) is 12.4 Å². The molecule has 0 radical (unpaired) electrons. The average Bonchev–Trinajstić information content (AvgIpc) is 2.22. The molecule has 0 unspecified atom stereocenters. The molecular weight excluding hydrogens is 188 g/mol. The molecule has 0 aliphatic rings. The molecule has 3 nitrogen and oxygen atoms in total. The topological polar surface area (TPSA) is 56.8 Å². The van der Waals surface area contributed by atoms with E-state index < -0.39 is 0 Å². The lowest BCUT2D eigenvalue weighted by Crippen LogP contribution is -2.00. The maximum absolute atomic E-state index is 8.76. The predicted octanol–water partition coefficient (Wildman–Crippen LogP) is 2.47. The Bertz CT molecular complexity index is 415. The molecule has 1 aromatic rings. The van der Waals surface area contributed by atoms with Crippen molar-refractivity contribution in [3.8, 4) is 17.9 Å². The van der Waals surface area contributed by atoms with Crippen molar-refractivity contribution in [2.45, 2.75) is 20.3 Å². The van der Waals surface area contributed by atoms with Crippen molar-refractivity contribution in [1.29, 1.82) is 10.5 Å². The van der Waals surface area contributed by atoms with Crippen LogP contribution in [0.25, 0.3) is 0 Å². The number of rotatable bonds is 3. The molecule has 0 saturated carbocycles. The van der Waals surface area contributed by atoms with E-state index in [9.17, 15) is 0 Å². The smallest absolute Gasteiger partial charge is 0.125 e. The van der Waals surface area contributed by atoms with Gasteiger partial charge < -0.3 is 4.74 Å². The van der Waals surface area contributed by atoms with Crippen LogP contribution in [0.3, 0.4) is 0 Å². The Balaban J connectivity index is 2.90. The molecule has 0 bridgehead atoms. The molecule has 0 atom stereocenters. The molecule has 0 N–H and O–H groups in total. The fourth-order valence-corrected chi connectivity index (χ4v) is 1.44. The van der Waals surface area contributed by atoms with Crippen molar-refractivity contribution in [3.63, 3.8) is 0 Å². The molecular formula is C12H12N2O. The first-order valence-electron chi connectivity index (χ1n) is 4.70. The highest BCUT2D eigenvalue weighted by Crippen LogP contribution is 2.24.